The molecule has 5 rings (SSSR count). The zero-order valence-electron chi connectivity index (χ0n) is 23.2. The average Bonchev–Trinajstić information content (AvgIpc) is 3.45. The summed E-state index contributed by atoms with van der Waals surface area (Å²) in [6.07, 6.45) is -1.71. The number of ketones is 1. The Labute approximate surface area is 241 Å². The molecule has 0 spiro atoms. The lowest BCUT2D eigenvalue weighted by molar-refractivity contribution is -0.141. The number of anilines is 2. The van der Waals surface area contributed by atoms with Crippen molar-refractivity contribution in [3.63, 3.8) is 0 Å². The number of pyridine rings is 1. The Balaban J connectivity index is 1.19. The van der Waals surface area contributed by atoms with Crippen LogP contribution in [0.15, 0.2) is 47.0 Å². The number of nitriles is 1. The quantitative estimate of drug-likeness (QED) is 0.376. The zero-order chi connectivity index (χ0) is 29.9. The third-order valence-corrected chi connectivity index (χ3v) is 7.67. The van der Waals surface area contributed by atoms with Crippen LogP contribution in [0.3, 0.4) is 0 Å². The number of oxazole rings is 1. The highest BCUT2D eigenvalue weighted by Crippen LogP contribution is 2.35. The van der Waals surface area contributed by atoms with Gasteiger partial charge < -0.3 is 19.1 Å². The molecule has 9 nitrogen and oxygen atoms in total. The van der Waals surface area contributed by atoms with Gasteiger partial charge in [0.2, 0.25) is 17.5 Å². The first kappa shape index (κ1) is 29.1. The van der Waals surface area contributed by atoms with Crippen LogP contribution < -0.4 is 9.80 Å². The van der Waals surface area contributed by atoms with Gasteiger partial charge in [-0.15, -0.1) is 0 Å². The van der Waals surface area contributed by atoms with E-state index in [0.29, 0.717) is 67.7 Å². The van der Waals surface area contributed by atoms with Gasteiger partial charge in [-0.2, -0.15) is 23.4 Å². The highest BCUT2D eigenvalue weighted by Gasteiger charge is 2.42. The molecular weight excluding hydrogens is 549 g/mol. The van der Waals surface area contributed by atoms with Gasteiger partial charge in [-0.3, -0.25) is 9.59 Å². The molecule has 3 aromatic rings. The molecule has 2 aliphatic rings. The highest BCUT2D eigenvalue weighted by molar-refractivity contribution is 5.96. The minimum Gasteiger partial charge on any atom is -0.420 e. The van der Waals surface area contributed by atoms with E-state index in [1.165, 1.54) is 6.20 Å². The molecule has 42 heavy (non-hydrogen) atoms. The second-order valence-corrected chi connectivity index (χ2v) is 10.8. The van der Waals surface area contributed by atoms with Crippen LogP contribution in [0.1, 0.15) is 52.7 Å². The number of halogens is 3. The minimum absolute atomic E-state index is 0.0530. The fourth-order valence-electron chi connectivity index (χ4n) is 5.41. The van der Waals surface area contributed by atoms with Crippen molar-refractivity contribution >= 4 is 23.5 Å². The molecule has 1 amide bonds. The maximum atomic E-state index is 13.7. The summed E-state index contributed by atoms with van der Waals surface area (Å²) >= 11 is 0. The van der Waals surface area contributed by atoms with Crippen LogP contribution in [0.5, 0.6) is 0 Å². The predicted molar refractivity (Wildman–Crippen MR) is 148 cm³/mol. The Morgan fingerprint density at radius 1 is 1.05 bits per heavy atom. The lowest BCUT2D eigenvalue weighted by Crippen LogP contribution is -2.49. The van der Waals surface area contributed by atoms with Crippen molar-refractivity contribution in [3.05, 3.63) is 70.7 Å². The summed E-state index contributed by atoms with van der Waals surface area (Å²) in [4.78, 5) is 39.3. The summed E-state index contributed by atoms with van der Waals surface area (Å²) in [5.74, 6) is -0.712. The number of carbonyl (C=O) groups is 2. The molecule has 0 aliphatic carbocycles. The Kier molecular flexibility index (Phi) is 8.47. The fourth-order valence-corrected chi connectivity index (χ4v) is 5.41. The Hall–Kier alpha value is -4.40. The molecule has 1 unspecified atom stereocenters. The first-order valence-electron chi connectivity index (χ1n) is 13.9. The fraction of sp³-hybridized carbons (Fsp3) is 0.433. The SMILES string of the molecule is CC1CCCN(c2nc(C(F)(F)F)c(C(=O)Cc3ccc(N4CCN(C(=O)Cc5ccccc5C#N)CC4)nc3)o2)C1. The average molecular weight is 581 g/mol. The molecule has 12 heteroatoms. The Morgan fingerprint density at radius 3 is 2.48 bits per heavy atom. The zero-order valence-corrected chi connectivity index (χ0v) is 23.2. The molecule has 2 aliphatic heterocycles. The van der Waals surface area contributed by atoms with Gasteiger partial charge in [-0.25, -0.2) is 4.98 Å². The van der Waals surface area contributed by atoms with Crippen LogP contribution in [0, 0.1) is 17.2 Å². The van der Waals surface area contributed by atoms with Crippen LogP contribution >= 0.6 is 0 Å². The van der Waals surface area contributed by atoms with Crippen molar-refractivity contribution in [1.29, 1.82) is 5.26 Å². The van der Waals surface area contributed by atoms with Crippen LogP contribution in [-0.2, 0) is 23.8 Å². The van der Waals surface area contributed by atoms with Crippen LogP contribution in [0.2, 0.25) is 0 Å². The molecular formula is C30H31F3N6O3. The van der Waals surface area contributed by atoms with E-state index in [9.17, 15) is 28.0 Å². The summed E-state index contributed by atoms with van der Waals surface area (Å²) in [7, 11) is 0. The van der Waals surface area contributed by atoms with Crippen molar-refractivity contribution in [1.82, 2.24) is 14.9 Å². The number of hydrogen-bond donors (Lipinski definition) is 0. The second-order valence-electron chi connectivity index (χ2n) is 10.8. The van der Waals surface area contributed by atoms with Crippen LogP contribution in [0.25, 0.3) is 0 Å². The van der Waals surface area contributed by atoms with E-state index in [-0.39, 0.29) is 24.8 Å². The molecule has 0 bridgehead atoms. The third-order valence-electron chi connectivity index (χ3n) is 7.67. The van der Waals surface area contributed by atoms with Crippen molar-refractivity contribution < 1.29 is 27.2 Å². The number of Topliss-reactive ketones (excluding diaryl/α,β-unsaturated/α-hetero) is 1. The second kappa shape index (κ2) is 12.2. The number of carbonyl (C=O) groups excluding carboxylic acids is 2. The van der Waals surface area contributed by atoms with E-state index in [1.807, 2.05) is 11.8 Å². The van der Waals surface area contributed by atoms with Crippen LogP contribution in [-0.4, -0.2) is 65.8 Å². The molecule has 4 heterocycles. The van der Waals surface area contributed by atoms with Gasteiger partial charge >= 0.3 is 6.18 Å². The molecule has 0 saturated carbocycles. The number of aromatic nitrogens is 2. The number of amides is 1. The smallest absolute Gasteiger partial charge is 0.420 e. The summed E-state index contributed by atoms with van der Waals surface area (Å²) in [5, 5.41) is 9.27. The molecule has 0 N–H and O–H groups in total. The summed E-state index contributed by atoms with van der Waals surface area (Å²) in [6, 6.07) is 12.4. The van der Waals surface area contributed by atoms with Gasteiger partial charge in [0.15, 0.2) is 5.69 Å². The van der Waals surface area contributed by atoms with E-state index in [1.54, 1.807) is 46.2 Å². The third kappa shape index (κ3) is 6.56. The lowest BCUT2D eigenvalue weighted by atomic mass is 10.0. The standard InChI is InChI=1S/C30H31F3N6O3/c1-20-5-4-10-39(19-20)29-36-28(30(31,32)33)27(42-29)24(40)15-21-8-9-25(35-18-21)37-11-13-38(14-12-37)26(41)16-22-6-2-3-7-23(22)17-34/h2-3,6-9,18,20H,4-5,10-16,19H2,1H3. The van der Waals surface area contributed by atoms with Crippen LogP contribution in [0.4, 0.5) is 25.0 Å². The van der Waals surface area contributed by atoms with Crippen molar-refractivity contribution in [3.8, 4) is 6.07 Å². The van der Waals surface area contributed by atoms with Crippen molar-refractivity contribution in [2.45, 2.75) is 38.8 Å². The first-order valence-corrected chi connectivity index (χ1v) is 13.9. The van der Waals surface area contributed by atoms with E-state index in [2.05, 4.69) is 16.0 Å². The number of benzene rings is 1. The lowest BCUT2D eigenvalue weighted by Gasteiger charge is -2.35. The largest absolute Gasteiger partial charge is 0.437 e. The number of rotatable bonds is 7. The van der Waals surface area contributed by atoms with Gasteiger partial charge in [0, 0.05) is 51.9 Å². The molecule has 2 fully saturated rings. The van der Waals surface area contributed by atoms with Crippen molar-refractivity contribution in [2.75, 3.05) is 49.1 Å². The van der Waals surface area contributed by atoms with Gasteiger partial charge in [0.05, 0.1) is 18.1 Å². The normalized spacial score (nSPS) is 17.7. The highest BCUT2D eigenvalue weighted by atomic mass is 19.4. The monoisotopic (exact) mass is 580 g/mol. The summed E-state index contributed by atoms with van der Waals surface area (Å²) < 4.78 is 46.6. The number of nitrogens with zero attached hydrogens (tertiary/aromatic N) is 6. The number of alkyl halides is 3. The summed E-state index contributed by atoms with van der Waals surface area (Å²) in [5.41, 5.74) is 0.340. The maximum Gasteiger partial charge on any atom is 0.437 e. The maximum absolute atomic E-state index is 13.7. The van der Waals surface area contributed by atoms with E-state index in [4.69, 9.17) is 4.42 Å². The van der Waals surface area contributed by atoms with E-state index in [0.717, 1.165) is 12.8 Å². The van der Waals surface area contributed by atoms with Gasteiger partial charge in [-0.05, 0) is 42.0 Å². The minimum atomic E-state index is -4.82. The van der Waals surface area contributed by atoms with E-state index < -0.39 is 23.4 Å². The molecule has 2 saturated heterocycles. The molecule has 2 aromatic heterocycles. The Morgan fingerprint density at radius 2 is 1.81 bits per heavy atom. The molecule has 0 radical (unpaired) electrons. The first-order chi connectivity index (χ1) is 20.1. The van der Waals surface area contributed by atoms with Gasteiger partial charge in [0.25, 0.3) is 6.01 Å². The van der Waals surface area contributed by atoms with Gasteiger partial charge in [-0.1, -0.05) is 31.2 Å². The topological polar surface area (TPSA) is 107 Å². The molecule has 1 aromatic carbocycles. The number of hydrogen-bond acceptors (Lipinski definition) is 8. The van der Waals surface area contributed by atoms with Crippen molar-refractivity contribution in [2.24, 2.45) is 5.92 Å². The Bertz CT molecular complexity index is 1470. The molecule has 1 atom stereocenters. The number of piperidine rings is 1. The van der Waals surface area contributed by atoms with Gasteiger partial charge in [0.1, 0.15) is 5.82 Å². The predicted octanol–water partition coefficient (Wildman–Crippen LogP) is 4.51. The number of piperazine rings is 1. The molecule has 220 valence electrons. The summed E-state index contributed by atoms with van der Waals surface area (Å²) in [6.45, 7) is 5.12. The van der Waals surface area contributed by atoms with E-state index >= 15 is 0 Å².